The summed E-state index contributed by atoms with van der Waals surface area (Å²) in [6.07, 6.45) is 0. The van der Waals surface area contributed by atoms with Gasteiger partial charge in [-0.05, 0) is 29.8 Å². The van der Waals surface area contributed by atoms with Gasteiger partial charge in [0, 0.05) is 20.6 Å². The van der Waals surface area contributed by atoms with Crippen molar-refractivity contribution in [2.24, 2.45) is 0 Å². The van der Waals surface area contributed by atoms with Gasteiger partial charge in [-0.3, -0.25) is 0 Å². The molecule has 0 saturated carbocycles. The molecule has 0 unspecified atom stereocenters. The van der Waals surface area contributed by atoms with Crippen molar-refractivity contribution in [2.45, 2.75) is 10.6 Å². The van der Waals surface area contributed by atoms with E-state index in [1.807, 2.05) is 6.07 Å². The lowest BCUT2D eigenvalue weighted by atomic mass is 10.2. The van der Waals surface area contributed by atoms with Crippen LogP contribution in [0.4, 0.5) is 0 Å². The maximum Gasteiger partial charge on any atom is 0.242 e. The number of hydrogen-bond acceptors (Lipinski definition) is 5. The second kappa shape index (κ2) is 8.63. The molecule has 0 atom stereocenters. The van der Waals surface area contributed by atoms with Crippen LogP contribution in [0.15, 0.2) is 59.5 Å². The molecule has 2 aromatic carbocycles. The van der Waals surface area contributed by atoms with Gasteiger partial charge < -0.3 is 4.74 Å². The number of hydrogen-bond donors (Lipinski definition) is 1. The van der Waals surface area contributed by atoms with Crippen molar-refractivity contribution in [1.29, 1.82) is 0 Å². The van der Waals surface area contributed by atoms with E-state index in [1.54, 1.807) is 24.3 Å². The highest BCUT2D eigenvalue weighted by Gasteiger charge is 2.16. The fourth-order valence-corrected chi connectivity index (χ4v) is 4.16. The van der Waals surface area contributed by atoms with Crippen LogP contribution in [0, 0.1) is 0 Å². The van der Waals surface area contributed by atoms with Crippen molar-refractivity contribution in [3.63, 3.8) is 0 Å². The van der Waals surface area contributed by atoms with Gasteiger partial charge in [0.05, 0.1) is 10.6 Å². The Bertz CT molecular complexity index is 909. The fraction of sp³-hybridized carbons (Fsp3) is 0.294. The molecule has 2 rings (SSSR count). The predicted octanol–water partition coefficient (Wildman–Crippen LogP) is 1.44. The minimum absolute atomic E-state index is 0.0923. The summed E-state index contributed by atoms with van der Waals surface area (Å²) in [4.78, 5) is 0.165. The second-order valence-corrected chi connectivity index (χ2v) is 9.70. The highest BCUT2D eigenvalue weighted by molar-refractivity contribution is 7.89. The summed E-state index contributed by atoms with van der Waals surface area (Å²) in [6, 6.07) is 14.9. The van der Waals surface area contributed by atoms with Crippen LogP contribution in [0.1, 0.15) is 5.56 Å². The molecule has 0 spiro atoms. The predicted molar refractivity (Wildman–Crippen MR) is 99.9 cm³/mol. The Balaban J connectivity index is 1.83. The van der Waals surface area contributed by atoms with Crippen LogP contribution in [-0.2, 0) is 25.8 Å². The van der Waals surface area contributed by atoms with Crippen molar-refractivity contribution in [2.75, 3.05) is 27.2 Å². The third-order valence-corrected chi connectivity index (χ3v) is 6.68. The maximum atomic E-state index is 12.0. The molecular weight excluding hydrogens is 376 g/mol. The van der Waals surface area contributed by atoms with E-state index in [1.165, 1.54) is 38.4 Å². The highest BCUT2D eigenvalue weighted by Crippen LogP contribution is 2.17. The molecule has 0 aliphatic rings. The Morgan fingerprint density at radius 2 is 1.54 bits per heavy atom. The van der Waals surface area contributed by atoms with E-state index in [0.717, 1.165) is 4.31 Å². The Morgan fingerprint density at radius 1 is 0.923 bits per heavy atom. The van der Waals surface area contributed by atoms with Crippen molar-refractivity contribution < 1.29 is 21.6 Å². The molecular formula is C17H22N2O5S2. The average molecular weight is 399 g/mol. The van der Waals surface area contributed by atoms with E-state index in [4.69, 9.17) is 4.74 Å². The van der Waals surface area contributed by atoms with Crippen LogP contribution in [0.2, 0.25) is 0 Å². The lowest BCUT2D eigenvalue weighted by Crippen LogP contribution is -2.29. The molecule has 0 amide bonds. The smallest absolute Gasteiger partial charge is 0.242 e. The van der Waals surface area contributed by atoms with Crippen molar-refractivity contribution in [1.82, 2.24) is 9.03 Å². The lowest BCUT2D eigenvalue weighted by molar-refractivity contribution is 0.322. The zero-order valence-electron chi connectivity index (χ0n) is 14.6. The van der Waals surface area contributed by atoms with Gasteiger partial charge in [0.15, 0.2) is 0 Å². The van der Waals surface area contributed by atoms with E-state index in [-0.39, 0.29) is 23.8 Å². The molecule has 142 valence electrons. The molecule has 0 heterocycles. The fourth-order valence-electron chi connectivity index (χ4n) is 2.13. The monoisotopic (exact) mass is 398 g/mol. The van der Waals surface area contributed by atoms with Crippen LogP contribution in [0.3, 0.4) is 0 Å². The van der Waals surface area contributed by atoms with Gasteiger partial charge in [-0.2, -0.15) is 0 Å². The SMILES string of the molecule is CN(C)S(=O)(=O)c1ccc(OCCNS(=O)(=O)Cc2ccccc2)cc1. The van der Waals surface area contributed by atoms with Crippen molar-refractivity contribution >= 4 is 20.0 Å². The first-order valence-corrected chi connectivity index (χ1v) is 11.0. The topological polar surface area (TPSA) is 92.8 Å². The lowest BCUT2D eigenvalue weighted by Gasteiger charge is -2.12. The normalized spacial score (nSPS) is 12.3. The molecule has 0 fully saturated rings. The van der Waals surface area contributed by atoms with E-state index in [9.17, 15) is 16.8 Å². The molecule has 26 heavy (non-hydrogen) atoms. The van der Waals surface area contributed by atoms with Crippen LogP contribution < -0.4 is 9.46 Å². The van der Waals surface area contributed by atoms with Gasteiger partial charge >= 0.3 is 0 Å². The molecule has 2 aromatic rings. The summed E-state index contributed by atoms with van der Waals surface area (Å²) in [6.45, 7) is 0.251. The molecule has 0 aliphatic carbocycles. The largest absolute Gasteiger partial charge is 0.492 e. The third-order valence-electron chi connectivity index (χ3n) is 3.49. The number of benzene rings is 2. The van der Waals surface area contributed by atoms with Gasteiger partial charge in [0.25, 0.3) is 0 Å². The number of nitrogens with one attached hydrogen (secondary N) is 1. The molecule has 0 aliphatic heterocycles. The number of sulfonamides is 2. The third kappa shape index (κ3) is 5.80. The maximum absolute atomic E-state index is 12.0. The van der Waals surface area contributed by atoms with Gasteiger partial charge in [-0.15, -0.1) is 0 Å². The minimum atomic E-state index is -3.48. The minimum Gasteiger partial charge on any atom is -0.492 e. The first kappa shape index (κ1) is 20.4. The van der Waals surface area contributed by atoms with Crippen LogP contribution in [0.5, 0.6) is 5.75 Å². The zero-order chi connectivity index (χ0) is 19.2. The molecule has 0 bridgehead atoms. The Morgan fingerprint density at radius 3 is 2.12 bits per heavy atom. The van der Waals surface area contributed by atoms with Crippen LogP contribution >= 0.6 is 0 Å². The van der Waals surface area contributed by atoms with Gasteiger partial charge in [0.1, 0.15) is 12.4 Å². The van der Waals surface area contributed by atoms with Crippen molar-refractivity contribution in [3.8, 4) is 5.75 Å². The summed E-state index contributed by atoms with van der Waals surface area (Å²) >= 11 is 0. The first-order chi connectivity index (χ1) is 12.2. The Labute approximate surface area is 154 Å². The highest BCUT2D eigenvalue weighted by atomic mass is 32.2. The average Bonchev–Trinajstić information content (AvgIpc) is 2.59. The van der Waals surface area contributed by atoms with Crippen LogP contribution in [-0.4, -0.2) is 48.4 Å². The van der Waals surface area contributed by atoms with Crippen molar-refractivity contribution in [3.05, 3.63) is 60.2 Å². The quantitative estimate of drug-likeness (QED) is 0.645. The number of ether oxygens (including phenoxy) is 1. The molecule has 1 N–H and O–H groups in total. The van der Waals surface area contributed by atoms with E-state index < -0.39 is 20.0 Å². The van der Waals surface area contributed by atoms with Crippen LogP contribution in [0.25, 0.3) is 0 Å². The van der Waals surface area contributed by atoms with Gasteiger partial charge in [-0.25, -0.2) is 25.9 Å². The molecule has 0 saturated heterocycles. The molecule has 0 radical (unpaired) electrons. The first-order valence-electron chi connectivity index (χ1n) is 7.87. The Kier molecular flexibility index (Phi) is 6.76. The molecule has 7 nitrogen and oxygen atoms in total. The summed E-state index contributed by atoms with van der Waals surface area (Å²) in [5.41, 5.74) is 0.707. The van der Waals surface area contributed by atoms with E-state index >= 15 is 0 Å². The second-order valence-electron chi connectivity index (χ2n) is 5.75. The molecule has 0 aromatic heterocycles. The number of rotatable bonds is 9. The number of nitrogens with zero attached hydrogens (tertiary/aromatic N) is 1. The summed E-state index contributed by atoms with van der Waals surface area (Å²) in [7, 11) is -4.00. The molecule has 9 heteroatoms. The summed E-state index contributed by atoms with van der Waals surface area (Å²) in [5.74, 6) is 0.371. The summed E-state index contributed by atoms with van der Waals surface area (Å²) in [5, 5.41) is 0. The standard InChI is InChI=1S/C17H22N2O5S2/c1-19(2)26(22,23)17-10-8-16(9-11-17)24-13-12-18-25(20,21)14-15-6-4-3-5-7-15/h3-11,18H,12-14H2,1-2H3. The summed E-state index contributed by atoms with van der Waals surface area (Å²) < 4.78 is 57.0. The van der Waals surface area contributed by atoms with E-state index in [0.29, 0.717) is 11.3 Å². The Hall–Kier alpha value is -1.94. The zero-order valence-corrected chi connectivity index (χ0v) is 16.3. The van der Waals surface area contributed by atoms with E-state index in [2.05, 4.69) is 4.72 Å². The van der Waals surface area contributed by atoms with Gasteiger partial charge in [0.2, 0.25) is 20.0 Å². The van der Waals surface area contributed by atoms with Gasteiger partial charge in [-0.1, -0.05) is 30.3 Å².